The summed E-state index contributed by atoms with van der Waals surface area (Å²) in [5.74, 6) is 0.336. The van der Waals surface area contributed by atoms with Crippen molar-refractivity contribution in [2.24, 2.45) is 17.4 Å². The molecular formula is C19H45N7O2. The van der Waals surface area contributed by atoms with Crippen molar-refractivity contribution < 1.29 is 9.59 Å². The van der Waals surface area contributed by atoms with Crippen molar-refractivity contribution in [1.29, 1.82) is 0 Å². The molecule has 1 amide bonds. The van der Waals surface area contributed by atoms with Crippen LogP contribution in [0.15, 0.2) is 0 Å². The van der Waals surface area contributed by atoms with Gasteiger partial charge in [-0.05, 0) is 33.0 Å². The molecule has 0 saturated heterocycles. The highest BCUT2D eigenvalue weighted by Crippen LogP contribution is 2.03. The topological polar surface area (TPSA) is 146 Å². The van der Waals surface area contributed by atoms with Gasteiger partial charge in [-0.2, -0.15) is 0 Å². The highest BCUT2D eigenvalue weighted by atomic mass is 16.1. The Morgan fingerprint density at radius 2 is 1.71 bits per heavy atom. The van der Waals surface area contributed by atoms with Gasteiger partial charge in [0.1, 0.15) is 6.29 Å². The van der Waals surface area contributed by atoms with Gasteiger partial charge in [-0.3, -0.25) is 4.79 Å². The maximum Gasteiger partial charge on any atom is 0.220 e. The van der Waals surface area contributed by atoms with Crippen molar-refractivity contribution in [3.05, 3.63) is 0 Å². The zero-order valence-corrected chi connectivity index (χ0v) is 18.4. The molecule has 0 aromatic rings. The van der Waals surface area contributed by atoms with E-state index < -0.39 is 5.54 Å². The molecule has 2 unspecified atom stereocenters. The Kier molecular flexibility index (Phi) is 21.4. The quantitative estimate of drug-likeness (QED) is 0.107. The van der Waals surface area contributed by atoms with Crippen LogP contribution in [-0.4, -0.2) is 84.2 Å². The van der Waals surface area contributed by atoms with E-state index in [1.165, 1.54) is 0 Å². The first-order valence-electron chi connectivity index (χ1n) is 10.4. The van der Waals surface area contributed by atoms with Crippen LogP contribution in [0.2, 0.25) is 0 Å². The summed E-state index contributed by atoms with van der Waals surface area (Å²) in [5.41, 5.74) is 11.1. The van der Waals surface area contributed by atoms with Gasteiger partial charge in [-0.1, -0.05) is 13.8 Å². The number of amides is 1. The molecule has 0 saturated carbocycles. The molecule has 0 aromatic heterocycles. The Bertz CT molecular complexity index is 372. The molecular weight excluding hydrogens is 358 g/mol. The second-order valence-electron chi connectivity index (χ2n) is 6.66. The summed E-state index contributed by atoms with van der Waals surface area (Å²) < 4.78 is 0. The van der Waals surface area contributed by atoms with Gasteiger partial charge < -0.3 is 42.8 Å². The van der Waals surface area contributed by atoms with E-state index in [4.69, 9.17) is 11.5 Å². The van der Waals surface area contributed by atoms with Gasteiger partial charge in [-0.15, -0.1) is 0 Å². The molecule has 2 atom stereocenters. The number of unbranched alkanes of at least 4 members (excludes halogenated alkanes) is 1. The SMILES string of the molecule is CC.CNCC(CN)CNCCNCC(CN)(CNC)NC(=O)CCCC=O. The minimum Gasteiger partial charge on any atom is -0.347 e. The van der Waals surface area contributed by atoms with Crippen LogP contribution in [0.4, 0.5) is 0 Å². The van der Waals surface area contributed by atoms with Crippen molar-refractivity contribution in [1.82, 2.24) is 26.6 Å². The molecule has 0 aliphatic carbocycles. The van der Waals surface area contributed by atoms with Gasteiger partial charge in [0.25, 0.3) is 0 Å². The third kappa shape index (κ3) is 14.9. The smallest absolute Gasteiger partial charge is 0.220 e. The molecule has 0 aromatic carbocycles. The normalized spacial score (nSPS) is 13.8. The van der Waals surface area contributed by atoms with Crippen LogP contribution in [0.3, 0.4) is 0 Å². The van der Waals surface area contributed by atoms with Crippen LogP contribution in [0.1, 0.15) is 33.1 Å². The number of aldehydes is 1. The van der Waals surface area contributed by atoms with Crippen molar-refractivity contribution in [2.75, 3.05) is 66.5 Å². The summed E-state index contributed by atoms with van der Waals surface area (Å²) >= 11 is 0. The Labute approximate surface area is 171 Å². The average Bonchev–Trinajstić information content (AvgIpc) is 2.71. The second-order valence-corrected chi connectivity index (χ2v) is 6.66. The van der Waals surface area contributed by atoms with E-state index in [0.717, 1.165) is 32.5 Å². The minimum atomic E-state index is -0.543. The fourth-order valence-electron chi connectivity index (χ4n) is 2.73. The van der Waals surface area contributed by atoms with Gasteiger partial charge >= 0.3 is 0 Å². The van der Waals surface area contributed by atoms with Gasteiger partial charge in [-0.25, -0.2) is 0 Å². The third-order valence-corrected chi connectivity index (χ3v) is 4.24. The largest absolute Gasteiger partial charge is 0.347 e. The number of hydrogen-bond acceptors (Lipinski definition) is 8. The van der Waals surface area contributed by atoms with E-state index in [0.29, 0.717) is 51.4 Å². The van der Waals surface area contributed by atoms with Crippen LogP contribution in [-0.2, 0) is 9.59 Å². The first-order valence-corrected chi connectivity index (χ1v) is 10.4. The molecule has 0 spiro atoms. The van der Waals surface area contributed by atoms with E-state index in [9.17, 15) is 9.59 Å². The zero-order chi connectivity index (χ0) is 21.7. The summed E-state index contributed by atoms with van der Waals surface area (Å²) in [6.45, 7) is 9.46. The number of carbonyl (C=O) groups excluding carboxylic acids is 2. The molecule has 0 radical (unpaired) electrons. The van der Waals surface area contributed by atoms with Crippen molar-refractivity contribution in [3.8, 4) is 0 Å². The first-order chi connectivity index (χ1) is 13.6. The lowest BCUT2D eigenvalue weighted by atomic mass is 9.98. The minimum absolute atomic E-state index is 0.0784. The number of nitrogens with one attached hydrogen (secondary N) is 5. The predicted molar refractivity (Wildman–Crippen MR) is 117 cm³/mol. The van der Waals surface area contributed by atoms with Crippen LogP contribution in [0.5, 0.6) is 0 Å². The summed E-state index contributed by atoms with van der Waals surface area (Å²) in [6.07, 6.45) is 2.12. The molecule has 9 N–H and O–H groups in total. The number of nitrogens with two attached hydrogens (primary N) is 2. The van der Waals surface area contributed by atoms with Crippen LogP contribution < -0.4 is 38.1 Å². The van der Waals surface area contributed by atoms with E-state index in [2.05, 4.69) is 26.6 Å². The summed E-state index contributed by atoms with van der Waals surface area (Å²) in [7, 11) is 3.75. The fraction of sp³-hybridized carbons (Fsp3) is 0.895. The molecule has 0 rings (SSSR count). The Balaban J connectivity index is 0. The lowest BCUT2D eigenvalue weighted by molar-refractivity contribution is -0.123. The summed E-state index contributed by atoms with van der Waals surface area (Å²) in [6, 6.07) is 0. The Morgan fingerprint density at radius 1 is 1.04 bits per heavy atom. The van der Waals surface area contributed by atoms with Crippen molar-refractivity contribution in [2.45, 2.75) is 38.6 Å². The number of carbonyl (C=O) groups is 2. The van der Waals surface area contributed by atoms with Crippen molar-refractivity contribution >= 4 is 12.2 Å². The molecule has 0 aliphatic heterocycles. The van der Waals surface area contributed by atoms with E-state index in [-0.39, 0.29) is 5.91 Å². The predicted octanol–water partition coefficient (Wildman–Crippen LogP) is -1.61. The van der Waals surface area contributed by atoms with Crippen LogP contribution >= 0.6 is 0 Å². The molecule has 9 heteroatoms. The number of rotatable bonds is 18. The van der Waals surface area contributed by atoms with Gasteiger partial charge in [0.05, 0.1) is 5.54 Å². The number of hydrogen-bond donors (Lipinski definition) is 7. The molecule has 0 aliphatic rings. The maximum atomic E-state index is 12.1. The van der Waals surface area contributed by atoms with Crippen LogP contribution in [0.25, 0.3) is 0 Å². The van der Waals surface area contributed by atoms with E-state index in [1.54, 1.807) is 0 Å². The maximum absolute atomic E-state index is 12.1. The van der Waals surface area contributed by atoms with Gasteiger partial charge in [0.2, 0.25) is 5.91 Å². The van der Waals surface area contributed by atoms with Gasteiger partial charge in [0.15, 0.2) is 0 Å². The summed E-state index contributed by atoms with van der Waals surface area (Å²) in [5, 5.41) is 16.0. The monoisotopic (exact) mass is 403 g/mol. The zero-order valence-electron chi connectivity index (χ0n) is 18.4. The fourth-order valence-corrected chi connectivity index (χ4v) is 2.73. The molecule has 0 heterocycles. The standard InChI is InChI=1S/C17H39N7O2.C2H6/c1-20-10-15(9-18)11-22-6-7-23-14-17(12-19,13-21-2)24-16(26)5-3-4-8-25;1-2/h8,15,20-23H,3-7,9-14,18-19H2,1-2H3,(H,24,26);1-2H3. The summed E-state index contributed by atoms with van der Waals surface area (Å²) in [4.78, 5) is 22.5. The van der Waals surface area contributed by atoms with E-state index >= 15 is 0 Å². The van der Waals surface area contributed by atoms with E-state index in [1.807, 2.05) is 27.9 Å². The highest BCUT2D eigenvalue weighted by Gasteiger charge is 2.29. The number of likely N-dealkylation sites (N-methyl/N-ethyl adjacent to an activating group) is 1. The average molecular weight is 404 g/mol. The lowest BCUT2D eigenvalue weighted by Gasteiger charge is -2.34. The molecule has 0 fully saturated rings. The Hall–Kier alpha value is -1.10. The molecule has 9 nitrogen and oxygen atoms in total. The molecule has 168 valence electrons. The third-order valence-electron chi connectivity index (χ3n) is 4.24. The molecule has 0 bridgehead atoms. The van der Waals surface area contributed by atoms with Gasteiger partial charge in [0, 0.05) is 58.7 Å². The first kappa shape index (κ1) is 29.1. The second kappa shape index (κ2) is 20.6. The molecule has 28 heavy (non-hydrogen) atoms. The highest BCUT2D eigenvalue weighted by molar-refractivity contribution is 5.77. The lowest BCUT2D eigenvalue weighted by Crippen LogP contribution is -2.64. The Morgan fingerprint density at radius 3 is 2.25 bits per heavy atom. The van der Waals surface area contributed by atoms with Crippen molar-refractivity contribution in [3.63, 3.8) is 0 Å². The van der Waals surface area contributed by atoms with Crippen LogP contribution in [0, 0.1) is 5.92 Å².